The van der Waals surface area contributed by atoms with E-state index < -0.39 is 0 Å². The Labute approximate surface area is 127 Å². The summed E-state index contributed by atoms with van der Waals surface area (Å²) >= 11 is 12.0. The zero-order chi connectivity index (χ0) is 14.7. The lowest BCUT2D eigenvalue weighted by Crippen LogP contribution is -2.16. The summed E-state index contributed by atoms with van der Waals surface area (Å²) in [4.78, 5) is 11.9. The summed E-state index contributed by atoms with van der Waals surface area (Å²) in [5.41, 5.74) is 2.43. The van der Waals surface area contributed by atoms with Gasteiger partial charge in [0.05, 0.1) is 21.4 Å². The largest absolute Gasteiger partial charge is 0.323 e. The van der Waals surface area contributed by atoms with Gasteiger partial charge in [0, 0.05) is 18.7 Å². The predicted octanol–water partition coefficient (Wildman–Crippen LogP) is 3.84. The maximum absolute atomic E-state index is 11.9. The van der Waals surface area contributed by atoms with Crippen LogP contribution in [0, 0.1) is 13.8 Å². The number of aryl methyl sites for hydroxylation is 3. The van der Waals surface area contributed by atoms with Crippen LogP contribution in [0.15, 0.2) is 24.3 Å². The number of hydrogen-bond acceptors (Lipinski definition) is 2. The molecule has 1 aromatic carbocycles. The van der Waals surface area contributed by atoms with Crippen LogP contribution in [-0.2, 0) is 11.3 Å². The monoisotopic (exact) mass is 311 g/mol. The van der Waals surface area contributed by atoms with Gasteiger partial charge in [-0.3, -0.25) is 9.48 Å². The Morgan fingerprint density at radius 3 is 2.50 bits per heavy atom. The number of carbonyl (C=O) groups excluding carboxylic acids is 1. The van der Waals surface area contributed by atoms with Crippen molar-refractivity contribution in [2.45, 2.75) is 26.8 Å². The van der Waals surface area contributed by atoms with E-state index in [4.69, 9.17) is 23.2 Å². The Balaban J connectivity index is 1.98. The molecule has 6 heteroatoms. The van der Waals surface area contributed by atoms with Gasteiger partial charge in [-0.15, -0.1) is 0 Å². The molecule has 106 valence electrons. The molecule has 0 aliphatic rings. The molecule has 1 N–H and O–H groups in total. The summed E-state index contributed by atoms with van der Waals surface area (Å²) in [6, 6.07) is 7.08. The molecule has 0 fully saturated rings. The number of para-hydroxylation sites is 1. The zero-order valence-corrected chi connectivity index (χ0v) is 12.8. The highest BCUT2D eigenvalue weighted by molar-refractivity contribution is 6.39. The molecule has 0 saturated heterocycles. The highest BCUT2D eigenvalue weighted by Gasteiger charge is 2.10. The van der Waals surface area contributed by atoms with E-state index >= 15 is 0 Å². The van der Waals surface area contributed by atoms with E-state index in [9.17, 15) is 4.79 Å². The molecular formula is C14H15Cl2N3O. The fourth-order valence-corrected chi connectivity index (χ4v) is 2.42. The van der Waals surface area contributed by atoms with Crippen LogP contribution in [0.4, 0.5) is 5.69 Å². The maximum atomic E-state index is 11.9. The van der Waals surface area contributed by atoms with Crippen molar-refractivity contribution in [1.82, 2.24) is 9.78 Å². The van der Waals surface area contributed by atoms with E-state index in [0.29, 0.717) is 28.7 Å². The second-order valence-corrected chi connectivity index (χ2v) is 5.36. The molecule has 20 heavy (non-hydrogen) atoms. The van der Waals surface area contributed by atoms with Crippen LogP contribution in [0.25, 0.3) is 0 Å². The second-order valence-electron chi connectivity index (χ2n) is 4.55. The van der Waals surface area contributed by atoms with Crippen LogP contribution < -0.4 is 5.32 Å². The van der Waals surface area contributed by atoms with Gasteiger partial charge in [-0.1, -0.05) is 29.3 Å². The summed E-state index contributed by atoms with van der Waals surface area (Å²) in [7, 11) is 0. The lowest BCUT2D eigenvalue weighted by atomic mass is 10.3. The predicted molar refractivity (Wildman–Crippen MR) is 81.4 cm³/mol. The minimum Gasteiger partial charge on any atom is -0.323 e. The van der Waals surface area contributed by atoms with Crippen molar-refractivity contribution in [3.8, 4) is 0 Å². The van der Waals surface area contributed by atoms with Crippen LogP contribution in [0.2, 0.25) is 10.0 Å². The topological polar surface area (TPSA) is 46.9 Å². The van der Waals surface area contributed by atoms with E-state index in [1.165, 1.54) is 0 Å². The average molecular weight is 312 g/mol. The van der Waals surface area contributed by atoms with E-state index in [-0.39, 0.29) is 5.91 Å². The van der Waals surface area contributed by atoms with Crippen LogP contribution in [-0.4, -0.2) is 15.7 Å². The van der Waals surface area contributed by atoms with Crippen molar-refractivity contribution in [2.75, 3.05) is 5.32 Å². The molecule has 0 saturated carbocycles. The zero-order valence-electron chi connectivity index (χ0n) is 11.3. The molecule has 4 nitrogen and oxygen atoms in total. The molecule has 2 aromatic rings. The third-order valence-electron chi connectivity index (χ3n) is 2.88. The Bertz CT molecular complexity index is 617. The molecule has 1 heterocycles. The minimum atomic E-state index is -0.146. The normalized spacial score (nSPS) is 10.6. The van der Waals surface area contributed by atoms with Gasteiger partial charge in [0.25, 0.3) is 0 Å². The van der Waals surface area contributed by atoms with Gasteiger partial charge >= 0.3 is 0 Å². The van der Waals surface area contributed by atoms with Gasteiger partial charge in [-0.2, -0.15) is 5.10 Å². The molecule has 0 aliphatic heterocycles. The highest BCUT2D eigenvalue weighted by atomic mass is 35.5. The minimum absolute atomic E-state index is 0.146. The smallest absolute Gasteiger partial charge is 0.226 e. The molecule has 2 rings (SSSR count). The Morgan fingerprint density at radius 1 is 1.30 bits per heavy atom. The molecule has 1 aromatic heterocycles. The number of nitrogens with zero attached hydrogens (tertiary/aromatic N) is 2. The van der Waals surface area contributed by atoms with Crippen LogP contribution in [0.3, 0.4) is 0 Å². The molecule has 1 amide bonds. The van der Waals surface area contributed by atoms with Crippen molar-refractivity contribution in [2.24, 2.45) is 0 Å². The van der Waals surface area contributed by atoms with Crippen molar-refractivity contribution in [1.29, 1.82) is 0 Å². The second kappa shape index (κ2) is 6.29. The number of carbonyl (C=O) groups is 1. The van der Waals surface area contributed by atoms with E-state index in [1.807, 2.05) is 24.6 Å². The van der Waals surface area contributed by atoms with E-state index in [2.05, 4.69) is 10.4 Å². The molecule has 0 radical (unpaired) electrons. The third kappa shape index (κ3) is 3.52. The number of aromatic nitrogens is 2. The first-order chi connectivity index (χ1) is 9.47. The third-order valence-corrected chi connectivity index (χ3v) is 3.51. The number of halogens is 2. The number of benzene rings is 1. The lowest BCUT2D eigenvalue weighted by molar-refractivity contribution is -0.116. The van der Waals surface area contributed by atoms with Gasteiger partial charge in [0.15, 0.2) is 0 Å². The lowest BCUT2D eigenvalue weighted by Gasteiger charge is -2.09. The summed E-state index contributed by atoms with van der Waals surface area (Å²) in [5, 5.41) is 7.90. The fraction of sp³-hybridized carbons (Fsp3) is 0.286. The van der Waals surface area contributed by atoms with Crippen molar-refractivity contribution >= 4 is 34.8 Å². The summed E-state index contributed by atoms with van der Waals surface area (Å²) < 4.78 is 1.81. The number of nitrogens with one attached hydrogen (secondary N) is 1. The molecular weight excluding hydrogens is 297 g/mol. The van der Waals surface area contributed by atoms with Gasteiger partial charge in [-0.05, 0) is 32.0 Å². The number of hydrogen-bond donors (Lipinski definition) is 1. The van der Waals surface area contributed by atoms with Crippen LogP contribution >= 0.6 is 23.2 Å². The van der Waals surface area contributed by atoms with E-state index in [0.717, 1.165) is 11.4 Å². The molecule has 0 unspecified atom stereocenters. The Kier molecular flexibility index (Phi) is 4.68. The van der Waals surface area contributed by atoms with Gasteiger partial charge in [-0.25, -0.2) is 0 Å². The maximum Gasteiger partial charge on any atom is 0.226 e. The SMILES string of the molecule is Cc1cc(C)n(CCC(=O)Nc2c(Cl)cccc2Cl)n1. The number of anilines is 1. The molecule has 0 bridgehead atoms. The molecule has 0 atom stereocenters. The van der Waals surface area contributed by atoms with Crippen molar-refractivity contribution in [3.63, 3.8) is 0 Å². The number of rotatable bonds is 4. The van der Waals surface area contributed by atoms with E-state index in [1.54, 1.807) is 18.2 Å². The van der Waals surface area contributed by atoms with Crippen molar-refractivity contribution < 1.29 is 4.79 Å². The summed E-state index contributed by atoms with van der Waals surface area (Å²) in [5.74, 6) is -0.146. The standard InChI is InChI=1S/C14H15Cl2N3O/c1-9-8-10(2)19(18-9)7-6-13(20)17-14-11(15)4-3-5-12(14)16/h3-5,8H,6-7H2,1-2H3,(H,17,20). The summed E-state index contributed by atoms with van der Waals surface area (Å²) in [6.45, 7) is 4.41. The molecule has 0 aliphatic carbocycles. The first-order valence-electron chi connectivity index (χ1n) is 6.22. The first kappa shape index (κ1) is 14.9. The molecule has 0 spiro atoms. The Hall–Kier alpha value is -1.52. The van der Waals surface area contributed by atoms with Crippen LogP contribution in [0.5, 0.6) is 0 Å². The fourth-order valence-electron chi connectivity index (χ4n) is 1.93. The van der Waals surface area contributed by atoms with Crippen LogP contribution in [0.1, 0.15) is 17.8 Å². The Morgan fingerprint density at radius 2 is 1.95 bits per heavy atom. The summed E-state index contributed by atoms with van der Waals surface area (Å²) in [6.07, 6.45) is 0.309. The van der Waals surface area contributed by atoms with Gasteiger partial charge < -0.3 is 5.32 Å². The average Bonchev–Trinajstić information content (AvgIpc) is 2.70. The first-order valence-corrected chi connectivity index (χ1v) is 6.98. The van der Waals surface area contributed by atoms with Gasteiger partial charge in [0.1, 0.15) is 0 Å². The highest BCUT2D eigenvalue weighted by Crippen LogP contribution is 2.29. The quantitative estimate of drug-likeness (QED) is 0.932. The van der Waals surface area contributed by atoms with Gasteiger partial charge in [0.2, 0.25) is 5.91 Å². The van der Waals surface area contributed by atoms with Crippen molar-refractivity contribution in [3.05, 3.63) is 45.7 Å². The number of amides is 1.